The van der Waals surface area contributed by atoms with Gasteiger partial charge in [-0.15, -0.1) is 0 Å². The number of rotatable bonds is 2. The van der Waals surface area contributed by atoms with Gasteiger partial charge in [-0.05, 0) is 24.3 Å². The van der Waals surface area contributed by atoms with Crippen LogP contribution in [0, 0.1) is 5.82 Å². The van der Waals surface area contributed by atoms with Gasteiger partial charge < -0.3 is 0 Å². The Morgan fingerprint density at radius 1 is 1.36 bits per heavy atom. The van der Waals surface area contributed by atoms with Gasteiger partial charge in [-0.2, -0.15) is 0 Å². The van der Waals surface area contributed by atoms with Gasteiger partial charge in [0.1, 0.15) is 5.82 Å². The van der Waals surface area contributed by atoms with Crippen molar-refractivity contribution in [3.63, 3.8) is 0 Å². The minimum atomic E-state index is -0.323. The van der Waals surface area contributed by atoms with Crippen LogP contribution < -0.4 is 0 Å². The molecule has 0 amide bonds. The summed E-state index contributed by atoms with van der Waals surface area (Å²) in [6.45, 7) is 0. The maximum absolute atomic E-state index is 12.3. The Labute approximate surface area is 72.4 Å². The summed E-state index contributed by atoms with van der Waals surface area (Å²) >= 11 is 3.03. The molecule has 0 N–H and O–H groups in total. The molecule has 0 radical (unpaired) electrons. The van der Waals surface area contributed by atoms with Gasteiger partial charge in [0.25, 0.3) is 0 Å². The van der Waals surface area contributed by atoms with E-state index >= 15 is 0 Å². The van der Waals surface area contributed by atoms with Crippen LogP contribution in [0.3, 0.4) is 0 Å². The van der Waals surface area contributed by atoms with Crippen molar-refractivity contribution in [1.29, 1.82) is 0 Å². The lowest BCUT2D eigenvalue weighted by Crippen LogP contribution is -1.98. The van der Waals surface area contributed by atoms with E-state index in [-0.39, 0.29) is 16.9 Å². The number of halogens is 2. The fourth-order valence-corrected chi connectivity index (χ4v) is 1.04. The van der Waals surface area contributed by atoms with E-state index in [1.165, 1.54) is 24.3 Å². The Morgan fingerprint density at radius 3 is 2.36 bits per heavy atom. The van der Waals surface area contributed by atoms with E-state index in [2.05, 4.69) is 15.9 Å². The molecule has 1 nitrogen and oxygen atoms in total. The summed E-state index contributed by atoms with van der Waals surface area (Å²) in [6.07, 6.45) is 0. The smallest absolute Gasteiger partial charge is 0.173 e. The van der Waals surface area contributed by atoms with Crippen LogP contribution in [0.25, 0.3) is 0 Å². The molecule has 0 heterocycles. The zero-order valence-corrected chi connectivity index (χ0v) is 7.27. The normalized spacial score (nSPS) is 9.64. The predicted octanol–water partition coefficient (Wildman–Crippen LogP) is 2.40. The molecule has 0 saturated carbocycles. The molecule has 0 aromatic heterocycles. The highest BCUT2D eigenvalue weighted by Crippen LogP contribution is 2.04. The van der Waals surface area contributed by atoms with Crippen molar-refractivity contribution in [2.75, 3.05) is 5.33 Å². The van der Waals surface area contributed by atoms with Crippen molar-refractivity contribution in [2.24, 2.45) is 0 Å². The fraction of sp³-hybridized carbons (Fsp3) is 0.125. The lowest BCUT2D eigenvalue weighted by molar-refractivity contribution is 0.102. The van der Waals surface area contributed by atoms with Gasteiger partial charge in [0.2, 0.25) is 0 Å². The van der Waals surface area contributed by atoms with Crippen molar-refractivity contribution in [3.8, 4) is 0 Å². The maximum atomic E-state index is 12.3. The first-order chi connectivity index (χ1) is 5.24. The van der Waals surface area contributed by atoms with E-state index in [0.717, 1.165) is 0 Å². The van der Waals surface area contributed by atoms with Crippen molar-refractivity contribution < 1.29 is 9.18 Å². The maximum Gasteiger partial charge on any atom is 0.173 e. The molecule has 0 saturated heterocycles. The van der Waals surface area contributed by atoms with E-state index in [0.29, 0.717) is 5.56 Å². The van der Waals surface area contributed by atoms with Gasteiger partial charge in [-0.1, -0.05) is 15.9 Å². The third kappa shape index (κ3) is 2.12. The summed E-state index contributed by atoms with van der Waals surface area (Å²) in [5.74, 6) is -0.360. The van der Waals surface area contributed by atoms with Crippen LogP contribution in [0.15, 0.2) is 24.3 Å². The van der Waals surface area contributed by atoms with Crippen molar-refractivity contribution in [3.05, 3.63) is 35.6 Å². The Hall–Kier alpha value is -0.700. The van der Waals surface area contributed by atoms with Crippen molar-refractivity contribution >= 4 is 21.7 Å². The number of carbonyl (C=O) groups is 1. The molecule has 1 rings (SSSR count). The van der Waals surface area contributed by atoms with E-state index in [9.17, 15) is 9.18 Å². The van der Waals surface area contributed by atoms with Gasteiger partial charge in [-0.3, -0.25) is 4.79 Å². The second kappa shape index (κ2) is 3.62. The Balaban J connectivity index is 2.90. The zero-order valence-electron chi connectivity index (χ0n) is 5.68. The highest BCUT2D eigenvalue weighted by Gasteiger charge is 2.01. The number of alkyl halides is 1. The summed E-state index contributed by atoms with van der Waals surface area (Å²) in [7, 11) is 0. The van der Waals surface area contributed by atoms with Crippen LogP contribution in [0.1, 0.15) is 10.4 Å². The second-order valence-electron chi connectivity index (χ2n) is 2.06. The first-order valence-corrected chi connectivity index (χ1v) is 4.21. The molecule has 3 heteroatoms. The van der Waals surface area contributed by atoms with Gasteiger partial charge >= 0.3 is 0 Å². The molecule has 0 atom stereocenters. The second-order valence-corrected chi connectivity index (χ2v) is 2.62. The molecule has 0 unspecified atom stereocenters. The molecule has 1 aromatic rings. The molecular weight excluding hydrogens is 210 g/mol. The first-order valence-electron chi connectivity index (χ1n) is 3.09. The number of ketones is 1. The molecule has 1 aromatic carbocycles. The van der Waals surface area contributed by atoms with E-state index in [1.807, 2.05) is 0 Å². The Bertz CT molecular complexity index is 255. The molecular formula is C8H6BrFO. The lowest BCUT2D eigenvalue weighted by Gasteiger charge is -1.94. The van der Waals surface area contributed by atoms with Gasteiger partial charge in [0.05, 0.1) is 5.33 Å². The number of benzene rings is 1. The Morgan fingerprint density at radius 2 is 1.91 bits per heavy atom. The SMILES string of the molecule is O=C(CBr)c1ccc([18F])cc1. The standard InChI is InChI=1S/C8H6BrFO/c9-5-8(11)6-1-3-7(10)4-2-6/h1-4H,5H2/i10-1. The number of Topliss-reactive ketones (excluding diaryl/α,β-unsaturated/α-hetero) is 1. The van der Waals surface area contributed by atoms with Crippen LogP contribution in [-0.4, -0.2) is 11.1 Å². The quantitative estimate of drug-likeness (QED) is 0.548. The minimum absolute atomic E-state index is 0.0370. The largest absolute Gasteiger partial charge is 0.293 e. The van der Waals surface area contributed by atoms with Crippen LogP contribution in [0.5, 0.6) is 0 Å². The molecule has 0 aliphatic heterocycles. The van der Waals surface area contributed by atoms with Crippen LogP contribution >= 0.6 is 15.9 Å². The summed E-state index contributed by atoms with van der Waals surface area (Å²) in [6, 6.07) is 5.49. The molecule has 0 bridgehead atoms. The van der Waals surface area contributed by atoms with E-state index in [4.69, 9.17) is 0 Å². The highest BCUT2D eigenvalue weighted by molar-refractivity contribution is 9.09. The third-order valence-electron chi connectivity index (χ3n) is 1.29. The average Bonchev–Trinajstić information content (AvgIpc) is 2.05. The van der Waals surface area contributed by atoms with Gasteiger partial charge in [0, 0.05) is 5.56 Å². The highest BCUT2D eigenvalue weighted by atomic mass is 79.9. The monoisotopic (exact) mass is 215 g/mol. The molecule has 0 aliphatic rings. The number of carbonyl (C=O) groups excluding carboxylic acids is 1. The summed E-state index contributed by atoms with van der Waals surface area (Å²) in [5.41, 5.74) is 0.531. The van der Waals surface area contributed by atoms with Crippen molar-refractivity contribution in [2.45, 2.75) is 0 Å². The van der Waals surface area contributed by atoms with E-state index in [1.54, 1.807) is 0 Å². The predicted molar refractivity (Wildman–Crippen MR) is 44.5 cm³/mol. The van der Waals surface area contributed by atoms with Gasteiger partial charge in [0.15, 0.2) is 5.78 Å². The average molecular weight is 216 g/mol. The molecule has 58 valence electrons. The summed E-state index contributed by atoms with van der Waals surface area (Å²) in [4.78, 5) is 11.0. The first kappa shape index (κ1) is 8.40. The lowest BCUT2D eigenvalue weighted by atomic mass is 10.1. The van der Waals surface area contributed by atoms with Crippen LogP contribution in [0.2, 0.25) is 0 Å². The summed E-state index contributed by atoms with van der Waals surface area (Å²) in [5, 5.41) is 0.276. The number of hydrogen-bond acceptors (Lipinski definition) is 1. The van der Waals surface area contributed by atoms with Crippen LogP contribution in [-0.2, 0) is 0 Å². The molecule has 0 aliphatic carbocycles. The Kier molecular flexibility index (Phi) is 2.76. The number of hydrogen-bond donors (Lipinski definition) is 0. The van der Waals surface area contributed by atoms with Crippen molar-refractivity contribution in [1.82, 2.24) is 0 Å². The molecule has 11 heavy (non-hydrogen) atoms. The zero-order chi connectivity index (χ0) is 8.27. The van der Waals surface area contributed by atoms with E-state index < -0.39 is 0 Å². The summed E-state index contributed by atoms with van der Waals surface area (Å²) < 4.78 is 12.3. The topological polar surface area (TPSA) is 17.1 Å². The minimum Gasteiger partial charge on any atom is -0.293 e. The molecule has 0 fully saturated rings. The molecule has 0 spiro atoms. The van der Waals surface area contributed by atoms with Crippen LogP contribution in [0.4, 0.5) is 4.39 Å². The third-order valence-corrected chi connectivity index (χ3v) is 1.80. The fourth-order valence-electron chi connectivity index (χ4n) is 0.713. The van der Waals surface area contributed by atoms with Gasteiger partial charge in [-0.25, -0.2) is 4.39 Å².